The highest BCUT2D eigenvalue weighted by Gasteiger charge is 2.65. The zero-order chi connectivity index (χ0) is 22.6. The third kappa shape index (κ3) is 3.15. The van der Waals surface area contributed by atoms with Crippen LogP contribution in [-0.4, -0.2) is 50.5 Å². The van der Waals surface area contributed by atoms with E-state index in [1.807, 2.05) is 19.2 Å². The summed E-state index contributed by atoms with van der Waals surface area (Å²) >= 11 is 0. The van der Waals surface area contributed by atoms with Crippen molar-refractivity contribution in [3.8, 4) is 11.8 Å². The van der Waals surface area contributed by atoms with E-state index in [0.717, 1.165) is 44.6 Å². The van der Waals surface area contributed by atoms with Crippen LogP contribution in [0.15, 0.2) is 42.5 Å². The molecule has 2 aliphatic carbocycles. The van der Waals surface area contributed by atoms with Gasteiger partial charge in [0.15, 0.2) is 0 Å². The summed E-state index contributed by atoms with van der Waals surface area (Å²) in [6.07, 6.45) is 4.08. The van der Waals surface area contributed by atoms with Gasteiger partial charge in [-0.3, -0.25) is 0 Å². The third-order valence-corrected chi connectivity index (χ3v) is 8.84. The minimum absolute atomic E-state index is 0.00530. The number of rotatable bonds is 5. The Labute approximate surface area is 196 Å². The number of hydrogen-bond acceptors (Lipinski definition) is 5. The van der Waals surface area contributed by atoms with Gasteiger partial charge in [0, 0.05) is 30.7 Å². The maximum atomic E-state index is 9.80. The second-order valence-electron chi connectivity index (χ2n) is 10.4. The van der Waals surface area contributed by atoms with Gasteiger partial charge >= 0.3 is 0 Å². The lowest BCUT2D eigenvalue weighted by atomic mass is 9.54. The molecule has 0 amide bonds. The fourth-order valence-electron chi connectivity index (χ4n) is 7.39. The number of nitriles is 1. The van der Waals surface area contributed by atoms with E-state index in [1.165, 1.54) is 16.7 Å². The Kier molecular flexibility index (Phi) is 5.21. The highest BCUT2D eigenvalue weighted by atomic mass is 16.5. The van der Waals surface area contributed by atoms with E-state index >= 15 is 0 Å². The van der Waals surface area contributed by atoms with Gasteiger partial charge < -0.3 is 19.1 Å². The van der Waals surface area contributed by atoms with Gasteiger partial charge in [-0.25, -0.2) is 0 Å². The topological polar surface area (TPSA) is 54.7 Å². The molecule has 2 aromatic rings. The molecule has 6 atom stereocenters. The van der Waals surface area contributed by atoms with Crippen LogP contribution in [0.1, 0.15) is 41.5 Å². The van der Waals surface area contributed by atoms with Gasteiger partial charge in [0.05, 0.1) is 18.3 Å². The number of piperidine rings is 1. The first-order valence-electron chi connectivity index (χ1n) is 12.2. The van der Waals surface area contributed by atoms with Gasteiger partial charge in [-0.1, -0.05) is 36.4 Å². The molecule has 2 bridgehead atoms. The maximum Gasteiger partial charge on any atom is 0.141 e. The fourth-order valence-corrected chi connectivity index (χ4v) is 7.39. The minimum atomic E-state index is -0.0676. The SMILES string of the molecule is COC1CC(COCc2ccccc2)CC2C3Cc4ccc(C#N)c5c4C2(CCN3C)C1O5. The van der Waals surface area contributed by atoms with E-state index < -0.39 is 0 Å². The Bertz CT molecular complexity index is 1080. The van der Waals surface area contributed by atoms with Crippen LogP contribution < -0.4 is 4.74 Å². The van der Waals surface area contributed by atoms with Crippen molar-refractivity contribution in [1.82, 2.24) is 4.90 Å². The van der Waals surface area contributed by atoms with Crippen molar-refractivity contribution >= 4 is 0 Å². The van der Waals surface area contributed by atoms with E-state index in [4.69, 9.17) is 14.2 Å². The van der Waals surface area contributed by atoms with Crippen molar-refractivity contribution in [3.05, 3.63) is 64.7 Å². The lowest BCUT2D eigenvalue weighted by Crippen LogP contribution is -2.63. The van der Waals surface area contributed by atoms with Crippen molar-refractivity contribution in [2.24, 2.45) is 11.8 Å². The van der Waals surface area contributed by atoms with Gasteiger partial charge in [-0.05, 0) is 68.3 Å². The standard InChI is InChI=1S/C28H32N2O3/c1-30-11-10-28-22-12-19(17-32-16-18-6-4-3-5-7-18)13-24(31-2)27(28)33-26-21(15-29)9-8-20(25(26)28)14-23(22)30/h3-9,19,22-24,27H,10-14,16-17H2,1-2H3. The number of hydrogen-bond donors (Lipinski definition) is 0. The van der Waals surface area contributed by atoms with Crippen molar-refractivity contribution in [1.29, 1.82) is 5.26 Å². The molecule has 2 fully saturated rings. The Morgan fingerprint density at radius 2 is 2.03 bits per heavy atom. The predicted molar refractivity (Wildman–Crippen MR) is 125 cm³/mol. The van der Waals surface area contributed by atoms with E-state index in [-0.39, 0.29) is 17.6 Å². The first-order valence-corrected chi connectivity index (χ1v) is 12.2. The molecule has 1 saturated carbocycles. The molecule has 172 valence electrons. The van der Waals surface area contributed by atoms with Gasteiger partial charge in [0.2, 0.25) is 0 Å². The highest BCUT2D eigenvalue weighted by Crippen LogP contribution is 2.62. The summed E-state index contributed by atoms with van der Waals surface area (Å²) in [7, 11) is 4.09. The van der Waals surface area contributed by atoms with Crippen LogP contribution in [0.3, 0.4) is 0 Å². The Balaban J connectivity index is 1.36. The molecule has 0 radical (unpaired) electrons. The first-order chi connectivity index (χ1) is 16.2. The number of likely N-dealkylation sites (tertiary alicyclic amines) is 1. The van der Waals surface area contributed by atoms with Crippen LogP contribution in [-0.2, 0) is 27.9 Å². The van der Waals surface area contributed by atoms with Crippen molar-refractivity contribution in [2.75, 3.05) is 27.3 Å². The van der Waals surface area contributed by atoms with Crippen LogP contribution in [0.2, 0.25) is 0 Å². The Hall–Kier alpha value is -2.39. The molecule has 2 aliphatic heterocycles. The average Bonchev–Trinajstić information content (AvgIpc) is 3.11. The van der Waals surface area contributed by atoms with Crippen molar-refractivity contribution in [2.45, 2.75) is 56.0 Å². The van der Waals surface area contributed by atoms with Crippen LogP contribution in [0.4, 0.5) is 0 Å². The summed E-state index contributed by atoms with van der Waals surface area (Å²) in [4.78, 5) is 2.56. The highest BCUT2D eigenvalue weighted by molar-refractivity contribution is 5.61. The molecule has 1 spiro atoms. The van der Waals surface area contributed by atoms with Crippen LogP contribution in [0.5, 0.6) is 5.75 Å². The van der Waals surface area contributed by atoms with Gasteiger partial charge in [0.1, 0.15) is 17.9 Å². The quantitative estimate of drug-likeness (QED) is 0.696. The summed E-state index contributed by atoms with van der Waals surface area (Å²) in [5.74, 6) is 1.75. The van der Waals surface area contributed by atoms with E-state index in [1.54, 1.807) is 0 Å². The van der Waals surface area contributed by atoms with Gasteiger partial charge in [0.25, 0.3) is 0 Å². The lowest BCUT2D eigenvalue weighted by molar-refractivity contribution is -0.0657. The first kappa shape index (κ1) is 21.2. The number of benzene rings is 2. The van der Waals surface area contributed by atoms with Gasteiger partial charge in [-0.15, -0.1) is 0 Å². The second kappa shape index (κ2) is 8.13. The Morgan fingerprint density at radius 3 is 2.82 bits per heavy atom. The summed E-state index contributed by atoms with van der Waals surface area (Å²) in [5.41, 5.74) is 4.51. The average molecular weight is 445 g/mol. The Morgan fingerprint density at radius 1 is 1.18 bits per heavy atom. The monoisotopic (exact) mass is 444 g/mol. The summed E-state index contributed by atoms with van der Waals surface area (Å²) < 4.78 is 19.1. The summed E-state index contributed by atoms with van der Waals surface area (Å²) in [6, 6.07) is 17.4. The van der Waals surface area contributed by atoms with E-state index in [9.17, 15) is 5.26 Å². The van der Waals surface area contributed by atoms with Crippen LogP contribution in [0.25, 0.3) is 0 Å². The number of likely N-dealkylation sites (N-methyl/N-ethyl adjacent to an activating group) is 1. The van der Waals surface area contributed by atoms with E-state index in [2.05, 4.69) is 48.3 Å². The molecule has 5 heteroatoms. The molecule has 2 aromatic carbocycles. The zero-order valence-corrected chi connectivity index (χ0v) is 19.5. The van der Waals surface area contributed by atoms with Crippen LogP contribution >= 0.6 is 0 Å². The normalized spacial score (nSPS) is 34.2. The largest absolute Gasteiger partial charge is 0.485 e. The third-order valence-electron chi connectivity index (χ3n) is 8.84. The smallest absolute Gasteiger partial charge is 0.141 e. The van der Waals surface area contributed by atoms with Crippen molar-refractivity contribution in [3.63, 3.8) is 0 Å². The lowest BCUT2D eigenvalue weighted by Gasteiger charge is -2.55. The number of nitrogens with zero attached hydrogens (tertiary/aromatic N) is 2. The second-order valence-corrected chi connectivity index (χ2v) is 10.4. The number of ether oxygens (including phenoxy) is 3. The molecule has 5 nitrogen and oxygen atoms in total. The van der Waals surface area contributed by atoms with Crippen molar-refractivity contribution < 1.29 is 14.2 Å². The van der Waals surface area contributed by atoms with E-state index in [0.29, 0.717) is 30.0 Å². The maximum absolute atomic E-state index is 9.80. The molecule has 33 heavy (non-hydrogen) atoms. The minimum Gasteiger partial charge on any atom is -0.485 e. The molecule has 2 heterocycles. The van der Waals surface area contributed by atoms with Crippen LogP contribution in [0, 0.1) is 23.2 Å². The number of methoxy groups -OCH3 is 1. The molecule has 0 aromatic heterocycles. The summed E-state index contributed by atoms with van der Waals surface area (Å²) in [5, 5.41) is 9.80. The molecule has 6 rings (SSSR count). The molecule has 6 unspecified atom stereocenters. The predicted octanol–water partition coefficient (Wildman–Crippen LogP) is 4.08. The summed E-state index contributed by atoms with van der Waals surface area (Å²) in [6.45, 7) is 2.44. The molecular formula is C28H32N2O3. The fraction of sp³-hybridized carbons (Fsp3) is 0.536. The van der Waals surface area contributed by atoms with Gasteiger partial charge in [-0.2, -0.15) is 5.26 Å². The molecule has 0 N–H and O–H groups in total. The molecular weight excluding hydrogens is 412 g/mol. The molecule has 4 aliphatic rings. The molecule has 1 saturated heterocycles. The zero-order valence-electron chi connectivity index (χ0n) is 19.5.